The van der Waals surface area contributed by atoms with Gasteiger partial charge in [0, 0.05) is 12.6 Å². The summed E-state index contributed by atoms with van der Waals surface area (Å²) in [5, 5.41) is 3.16. The van der Waals surface area contributed by atoms with Crippen molar-refractivity contribution >= 4 is 0 Å². The van der Waals surface area contributed by atoms with E-state index in [4.69, 9.17) is 0 Å². The van der Waals surface area contributed by atoms with Crippen LogP contribution in [0.1, 0.15) is 38.8 Å². The standard InChI is InChI=1S/C15H19F4N/c1-13(2)12(14(13,3)4)20-8-9-5-6-10(16)7-11(9)15(17,18)19/h5-7,12,20H,8H2,1-4H3. The van der Waals surface area contributed by atoms with Crippen LogP contribution in [0.25, 0.3) is 0 Å². The van der Waals surface area contributed by atoms with E-state index >= 15 is 0 Å². The Hall–Kier alpha value is -1.10. The quantitative estimate of drug-likeness (QED) is 0.815. The first-order chi connectivity index (χ1) is 8.98. The number of rotatable bonds is 3. The van der Waals surface area contributed by atoms with Crippen molar-refractivity contribution in [1.29, 1.82) is 0 Å². The molecule has 0 heterocycles. The highest BCUT2D eigenvalue weighted by Crippen LogP contribution is 2.62. The smallest absolute Gasteiger partial charge is 0.309 e. The van der Waals surface area contributed by atoms with Gasteiger partial charge < -0.3 is 5.32 Å². The van der Waals surface area contributed by atoms with Crippen LogP contribution in [0, 0.1) is 16.6 Å². The van der Waals surface area contributed by atoms with Crippen LogP contribution in [0.3, 0.4) is 0 Å². The lowest BCUT2D eigenvalue weighted by Crippen LogP contribution is -2.23. The number of hydrogen-bond acceptors (Lipinski definition) is 1. The maximum Gasteiger partial charge on any atom is 0.416 e. The Balaban J connectivity index is 2.16. The summed E-state index contributed by atoms with van der Waals surface area (Å²) in [4.78, 5) is 0. The Morgan fingerprint density at radius 1 is 1.10 bits per heavy atom. The van der Waals surface area contributed by atoms with Gasteiger partial charge in [-0.05, 0) is 28.5 Å². The second kappa shape index (κ2) is 4.45. The van der Waals surface area contributed by atoms with Crippen molar-refractivity contribution in [3.63, 3.8) is 0 Å². The highest BCUT2D eigenvalue weighted by Gasteiger charge is 2.64. The molecule has 0 aromatic heterocycles. The van der Waals surface area contributed by atoms with Gasteiger partial charge in [-0.25, -0.2) is 4.39 Å². The Bertz CT molecular complexity index is 503. The van der Waals surface area contributed by atoms with Crippen molar-refractivity contribution in [2.75, 3.05) is 0 Å². The molecular formula is C15H19F4N. The molecule has 1 aliphatic carbocycles. The van der Waals surface area contributed by atoms with E-state index in [2.05, 4.69) is 33.0 Å². The predicted octanol–water partition coefficient (Wildman–Crippen LogP) is 4.37. The van der Waals surface area contributed by atoms with Gasteiger partial charge in [0.15, 0.2) is 0 Å². The third kappa shape index (κ3) is 2.43. The predicted molar refractivity (Wildman–Crippen MR) is 69.6 cm³/mol. The van der Waals surface area contributed by atoms with Gasteiger partial charge in [0.1, 0.15) is 5.82 Å². The van der Waals surface area contributed by atoms with Crippen molar-refractivity contribution in [3.8, 4) is 0 Å². The molecular weight excluding hydrogens is 270 g/mol. The number of alkyl halides is 3. The molecule has 20 heavy (non-hydrogen) atoms. The molecule has 1 nitrogen and oxygen atoms in total. The molecule has 0 radical (unpaired) electrons. The van der Waals surface area contributed by atoms with Crippen LogP contribution in [-0.2, 0) is 12.7 Å². The SMILES string of the molecule is CC1(C)C(NCc2ccc(F)cc2C(F)(F)F)C1(C)C. The second-order valence-corrected chi connectivity index (χ2v) is 6.56. The zero-order valence-electron chi connectivity index (χ0n) is 12.0. The fourth-order valence-electron chi connectivity index (χ4n) is 2.89. The largest absolute Gasteiger partial charge is 0.416 e. The minimum absolute atomic E-state index is 0.0470. The molecule has 0 atom stereocenters. The molecule has 2 rings (SSSR count). The Labute approximate surface area is 116 Å². The molecule has 1 aromatic carbocycles. The summed E-state index contributed by atoms with van der Waals surface area (Å²) in [5.74, 6) is -0.867. The van der Waals surface area contributed by atoms with E-state index in [1.54, 1.807) is 0 Å². The van der Waals surface area contributed by atoms with Crippen molar-refractivity contribution < 1.29 is 17.6 Å². The highest BCUT2D eigenvalue weighted by atomic mass is 19.4. The van der Waals surface area contributed by atoms with Crippen LogP contribution in [-0.4, -0.2) is 6.04 Å². The lowest BCUT2D eigenvalue weighted by Gasteiger charge is -2.14. The fourth-order valence-corrected chi connectivity index (χ4v) is 2.89. The molecule has 0 saturated heterocycles. The average Bonchev–Trinajstić information content (AvgIpc) is 2.67. The molecule has 1 N–H and O–H groups in total. The van der Waals surface area contributed by atoms with Crippen LogP contribution < -0.4 is 5.32 Å². The molecule has 112 valence electrons. The molecule has 1 fully saturated rings. The molecule has 0 unspecified atom stereocenters. The normalized spacial score (nSPS) is 21.0. The van der Waals surface area contributed by atoms with Crippen LogP contribution in [0.2, 0.25) is 0 Å². The zero-order chi connectivity index (χ0) is 15.3. The second-order valence-electron chi connectivity index (χ2n) is 6.56. The summed E-state index contributed by atoms with van der Waals surface area (Å²) >= 11 is 0. The van der Waals surface area contributed by atoms with E-state index < -0.39 is 17.6 Å². The van der Waals surface area contributed by atoms with Gasteiger partial charge in [0.05, 0.1) is 5.56 Å². The first kappa shape index (κ1) is 15.3. The fraction of sp³-hybridized carbons (Fsp3) is 0.600. The molecule has 0 spiro atoms. The zero-order valence-corrected chi connectivity index (χ0v) is 12.0. The molecule has 5 heteroatoms. The van der Waals surface area contributed by atoms with Crippen LogP contribution in [0.5, 0.6) is 0 Å². The molecule has 1 aromatic rings. The third-order valence-electron chi connectivity index (χ3n) is 4.89. The minimum atomic E-state index is -4.53. The number of benzene rings is 1. The van der Waals surface area contributed by atoms with Crippen molar-refractivity contribution in [3.05, 3.63) is 35.1 Å². The van der Waals surface area contributed by atoms with Crippen molar-refractivity contribution in [1.82, 2.24) is 5.32 Å². The van der Waals surface area contributed by atoms with E-state index in [9.17, 15) is 17.6 Å². The first-order valence-electron chi connectivity index (χ1n) is 6.57. The summed E-state index contributed by atoms with van der Waals surface area (Å²) < 4.78 is 51.6. The number of nitrogens with one attached hydrogen (secondary N) is 1. The summed E-state index contributed by atoms with van der Waals surface area (Å²) in [6.45, 7) is 8.42. The van der Waals surface area contributed by atoms with Gasteiger partial charge in [-0.2, -0.15) is 13.2 Å². The van der Waals surface area contributed by atoms with E-state index in [0.717, 1.165) is 6.07 Å². The van der Waals surface area contributed by atoms with E-state index in [1.807, 2.05) is 0 Å². The van der Waals surface area contributed by atoms with Gasteiger partial charge in [0.25, 0.3) is 0 Å². The summed E-state index contributed by atoms with van der Waals surface area (Å²) in [5.41, 5.74) is -0.727. The summed E-state index contributed by atoms with van der Waals surface area (Å²) in [6, 6.07) is 2.98. The Morgan fingerprint density at radius 2 is 1.65 bits per heavy atom. The lowest BCUT2D eigenvalue weighted by atomic mass is 10.0. The molecule has 0 bridgehead atoms. The van der Waals surface area contributed by atoms with Gasteiger partial charge in [-0.3, -0.25) is 0 Å². The molecule has 0 amide bonds. The summed E-state index contributed by atoms with van der Waals surface area (Å²) in [6.07, 6.45) is -4.53. The number of hydrogen-bond donors (Lipinski definition) is 1. The van der Waals surface area contributed by atoms with Crippen LogP contribution >= 0.6 is 0 Å². The highest BCUT2D eigenvalue weighted by molar-refractivity contribution is 5.31. The number of halogens is 4. The average molecular weight is 289 g/mol. The minimum Gasteiger partial charge on any atom is -0.309 e. The summed E-state index contributed by atoms with van der Waals surface area (Å²) in [7, 11) is 0. The molecule has 0 aliphatic heterocycles. The van der Waals surface area contributed by atoms with Gasteiger partial charge in [-0.15, -0.1) is 0 Å². The molecule has 1 aliphatic rings. The van der Waals surface area contributed by atoms with Gasteiger partial charge in [-0.1, -0.05) is 33.8 Å². The first-order valence-corrected chi connectivity index (χ1v) is 6.57. The Kier molecular flexibility index (Phi) is 3.40. The van der Waals surface area contributed by atoms with E-state index in [1.165, 1.54) is 6.07 Å². The Morgan fingerprint density at radius 3 is 2.10 bits per heavy atom. The van der Waals surface area contributed by atoms with E-state index in [0.29, 0.717) is 6.07 Å². The third-order valence-corrected chi connectivity index (χ3v) is 4.89. The van der Waals surface area contributed by atoms with Crippen molar-refractivity contribution in [2.24, 2.45) is 10.8 Å². The van der Waals surface area contributed by atoms with Crippen LogP contribution in [0.4, 0.5) is 17.6 Å². The molecule has 1 saturated carbocycles. The maximum absolute atomic E-state index is 13.0. The van der Waals surface area contributed by atoms with Crippen molar-refractivity contribution in [2.45, 2.75) is 46.5 Å². The van der Waals surface area contributed by atoms with Gasteiger partial charge >= 0.3 is 6.18 Å². The van der Waals surface area contributed by atoms with E-state index in [-0.39, 0.29) is 29.0 Å². The van der Waals surface area contributed by atoms with Gasteiger partial charge in [0.2, 0.25) is 0 Å². The monoisotopic (exact) mass is 289 g/mol. The maximum atomic E-state index is 13.0. The van der Waals surface area contributed by atoms with Crippen LogP contribution in [0.15, 0.2) is 18.2 Å². The lowest BCUT2D eigenvalue weighted by molar-refractivity contribution is -0.138. The topological polar surface area (TPSA) is 12.0 Å².